The fraction of sp³-hybridized carbons (Fsp3) is 0.0909. The number of aromatic nitrogens is 2. The summed E-state index contributed by atoms with van der Waals surface area (Å²) < 4.78 is 11.8. The monoisotopic (exact) mass is 432 g/mol. The van der Waals surface area contributed by atoms with E-state index in [9.17, 15) is 0 Å². The van der Waals surface area contributed by atoms with Crippen LogP contribution in [-0.2, 0) is 9.68 Å². The van der Waals surface area contributed by atoms with Crippen LogP contribution >= 0.6 is 0 Å². The molecule has 4 aromatic heterocycles. The molecule has 0 bridgehead atoms. The zero-order chi connectivity index (χ0) is 22.5. The van der Waals surface area contributed by atoms with Crippen LogP contribution in [-0.4, -0.2) is 35.9 Å². The number of amidine groups is 2. The van der Waals surface area contributed by atoms with Crippen molar-refractivity contribution in [1.29, 1.82) is 0 Å². The molecule has 32 heavy (non-hydrogen) atoms. The molecule has 0 radical (unpaired) electrons. The number of nitrogens with zero attached hydrogens (tertiary/aromatic N) is 4. The van der Waals surface area contributed by atoms with Crippen LogP contribution in [0, 0.1) is 0 Å². The summed E-state index contributed by atoms with van der Waals surface area (Å²) in [7, 11) is 2.86. The Kier molecular flexibility index (Phi) is 5.84. The van der Waals surface area contributed by atoms with Gasteiger partial charge in [0.15, 0.2) is 34.7 Å². The molecule has 0 unspecified atom stereocenters. The normalized spacial score (nSPS) is 12.1. The molecule has 0 aromatic carbocycles. The zero-order valence-electron chi connectivity index (χ0n) is 17.4. The highest BCUT2D eigenvalue weighted by Gasteiger charge is 2.14. The Morgan fingerprint density at radius 2 is 1.06 bits per heavy atom. The van der Waals surface area contributed by atoms with Gasteiger partial charge in [0, 0.05) is 23.5 Å². The van der Waals surface area contributed by atoms with Gasteiger partial charge in [0.1, 0.15) is 25.6 Å². The van der Waals surface area contributed by atoms with E-state index >= 15 is 0 Å². The van der Waals surface area contributed by atoms with E-state index in [4.69, 9.17) is 20.3 Å². The third kappa shape index (κ3) is 4.29. The predicted molar refractivity (Wildman–Crippen MR) is 118 cm³/mol. The number of furan rings is 2. The summed E-state index contributed by atoms with van der Waals surface area (Å²) in [5.74, 6) is 2.77. The molecule has 0 aliphatic carbocycles. The molecule has 0 aliphatic rings. The fourth-order valence-electron chi connectivity index (χ4n) is 2.90. The van der Waals surface area contributed by atoms with Crippen LogP contribution in [0.4, 0.5) is 0 Å². The second-order valence-corrected chi connectivity index (χ2v) is 6.51. The molecule has 0 atom stereocenters. The number of hydrogen-bond donors (Lipinski definition) is 2. The summed E-state index contributed by atoms with van der Waals surface area (Å²) >= 11 is 0. The summed E-state index contributed by atoms with van der Waals surface area (Å²) in [5, 5.41) is 7.37. The Balaban J connectivity index is 1.52. The molecule has 162 valence electrons. The third-order valence-corrected chi connectivity index (χ3v) is 4.46. The lowest BCUT2D eigenvalue weighted by Crippen LogP contribution is -2.13. The maximum absolute atomic E-state index is 5.92. The number of pyridine rings is 2. The van der Waals surface area contributed by atoms with Crippen LogP contribution < -0.4 is 11.5 Å². The summed E-state index contributed by atoms with van der Waals surface area (Å²) in [4.78, 5) is 18.1. The first kappa shape index (κ1) is 20.7. The molecule has 10 heteroatoms. The van der Waals surface area contributed by atoms with E-state index in [0.29, 0.717) is 45.6 Å². The highest BCUT2D eigenvalue weighted by molar-refractivity contribution is 5.97. The van der Waals surface area contributed by atoms with E-state index in [1.807, 2.05) is 24.3 Å². The minimum absolute atomic E-state index is 0.241. The van der Waals surface area contributed by atoms with Crippen LogP contribution in [0.15, 0.2) is 80.1 Å². The first-order chi connectivity index (χ1) is 15.6. The first-order valence-electron chi connectivity index (χ1n) is 9.46. The lowest BCUT2D eigenvalue weighted by molar-refractivity contribution is 0.213. The molecule has 0 amide bonds. The number of oxime groups is 2. The van der Waals surface area contributed by atoms with Gasteiger partial charge in [0.2, 0.25) is 0 Å². The van der Waals surface area contributed by atoms with Gasteiger partial charge in [-0.05, 0) is 48.5 Å². The maximum atomic E-state index is 5.92. The maximum Gasteiger partial charge on any atom is 0.171 e. The molecule has 4 rings (SSSR count). The van der Waals surface area contributed by atoms with Gasteiger partial charge in [-0.3, -0.25) is 9.97 Å². The standard InChI is InChI=1S/C22H20N6O4/c1-29-27-21(23)13-3-5-15(25-11-13)17-7-9-19(31-17)20-10-8-18(32-20)16-6-4-14(12-26-16)22(24)28-30-2/h3-12H,1-2H3,(H2,23,27)(H2,24,28). The van der Waals surface area contributed by atoms with Crippen molar-refractivity contribution in [1.82, 2.24) is 9.97 Å². The highest BCUT2D eigenvalue weighted by atomic mass is 16.6. The Morgan fingerprint density at radius 3 is 1.41 bits per heavy atom. The van der Waals surface area contributed by atoms with E-state index in [1.165, 1.54) is 14.2 Å². The van der Waals surface area contributed by atoms with Crippen molar-refractivity contribution in [3.8, 4) is 34.4 Å². The molecule has 0 saturated carbocycles. The van der Waals surface area contributed by atoms with Crippen molar-refractivity contribution < 1.29 is 18.5 Å². The third-order valence-electron chi connectivity index (χ3n) is 4.46. The van der Waals surface area contributed by atoms with E-state index in [1.54, 1.807) is 36.7 Å². The first-order valence-corrected chi connectivity index (χ1v) is 9.46. The van der Waals surface area contributed by atoms with Crippen molar-refractivity contribution in [2.45, 2.75) is 0 Å². The Bertz CT molecular complexity index is 1160. The van der Waals surface area contributed by atoms with Crippen molar-refractivity contribution >= 4 is 11.7 Å². The Hall–Kier alpha value is -4.60. The predicted octanol–water partition coefficient (Wildman–Crippen LogP) is 3.20. The summed E-state index contributed by atoms with van der Waals surface area (Å²) in [6.07, 6.45) is 3.19. The molecule has 0 spiro atoms. The van der Waals surface area contributed by atoms with Crippen LogP contribution in [0.5, 0.6) is 0 Å². The average Bonchev–Trinajstić information content (AvgIpc) is 3.50. The summed E-state index contributed by atoms with van der Waals surface area (Å²) in [6.45, 7) is 0. The number of hydrogen-bond acceptors (Lipinski definition) is 8. The van der Waals surface area contributed by atoms with Gasteiger partial charge >= 0.3 is 0 Å². The quantitative estimate of drug-likeness (QED) is 0.257. The van der Waals surface area contributed by atoms with Gasteiger partial charge in [-0.25, -0.2) is 0 Å². The Labute approximate surface area is 183 Å². The SMILES string of the molecule is CO/N=C(\N)c1ccc(-c2ccc(-c3ccc(-c4ccc(/C(N)=N/OC)cn4)o3)o2)nc1. The van der Waals surface area contributed by atoms with Gasteiger partial charge < -0.3 is 30.0 Å². The van der Waals surface area contributed by atoms with Crippen molar-refractivity contribution in [2.24, 2.45) is 21.8 Å². The number of nitrogens with two attached hydrogens (primary N) is 2. The minimum Gasteiger partial charge on any atom is -0.451 e. The second-order valence-electron chi connectivity index (χ2n) is 6.51. The molecular formula is C22H20N6O4. The van der Waals surface area contributed by atoms with Crippen LogP contribution in [0.1, 0.15) is 11.1 Å². The summed E-state index contributed by atoms with van der Waals surface area (Å²) in [6, 6.07) is 14.4. The smallest absolute Gasteiger partial charge is 0.171 e. The average molecular weight is 432 g/mol. The second kappa shape index (κ2) is 9.04. The van der Waals surface area contributed by atoms with E-state index in [0.717, 1.165) is 0 Å². The van der Waals surface area contributed by atoms with E-state index < -0.39 is 0 Å². The van der Waals surface area contributed by atoms with Crippen LogP contribution in [0.2, 0.25) is 0 Å². The molecule has 4 N–H and O–H groups in total. The van der Waals surface area contributed by atoms with Gasteiger partial charge in [-0.2, -0.15) is 0 Å². The van der Waals surface area contributed by atoms with Crippen molar-refractivity contribution in [3.05, 3.63) is 72.1 Å². The molecule has 0 saturated heterocycles. The molecule has 10 nitrogen and oxygen atoms in total. The van der Waals surface area contributed by atoms with E-state index in [-0.39, 0.29) is 11.7 Å². The van der Waals surface area contributed by atoms with Gasteiger partial charge in [0.25, 0.3) is 0 Å². The fourth-order valence-corrected chi connectivity index (χ4v) is 2.90. The van der Waals surface area contributed by atoms with Crippen molar-refractivity contribution in [2.75, 3.05) is 14.2 Å². The van der Waals surface area contributed by atoms with E-state index in [2.05, 4.69) is 30.0 Å². The largest absolute Gasteiger partial charge is 0.451 e. The molecule has 4 aromatic rings. The van der Waals surface area contributed by atoms with Gasteiger partial charge in [0.05, 0.1) is 0 Å². The van der Waals surface area contributed by atoms with Gasteiger partial charge in [-0.15, -0.1) is 0 Å². The highest BCUT2D eigenvalue weighted by Crippen LogP contribution is 2.31. The molecular weight excluding hydrogens is 412 g/mol. The van der Waals surface area contributed by atoms with Crippen LogP contribution in [0.3, 0.4) is 0 Å². The molecule has 0 fully saturated rings. The number of rotatable bonds is 7. The summed E-state index contributed by atoms with van der Waals surface area (Å²) in [5.41, 5.74) is 14.2. The Morgan fingerprint density at radius 1 is 0.656 bits per heavy atom. The van der Waals surface area contributed by atoms with Crippen molar-refractivity contribution in [3.63, 3.8) is 0 Å². The zero-order valence-corrected chi connectivity index (χ0v) is 17.4. The molecule has 0 aliphatic heterocycles. The lowest BCUT2D eigenvalue weighted by atomic mass is 10.2. The minimum atomic E-state index is 0.241. The topological polar surface area (TPSA) is 147 Å². The van der Waals surface area contributed by atoms with Gasteiger partial charge in [-0.1, -0.05) is 10.3 Å². The van der Waals surface area contributed by atoms with Crippen LogP contribution in [0.25, 0.3) is 34.4 Å². The lowest BCUT2D eigenvalue weighted by Gasteiger charge is -2.01. The molecule has 4 heterocycles.